The van der Waals surface area contributed by atoms with Crippen molar-refractivity contribution < 1.29 is 0 Å². The number of aryl methyl sites for hydroxylation is 2. The predicted octanol–water partition coefficient (Wildman–Crippen LogP) is 4.03. The number of hydrogen-bond donors (Lipinski definition) is 2. The fourth-order valence-corrected chi connectivity index (χ4v) is 2.12. The SMILES string of the molecule is CCNc1cc(Nc2cc(C)ccc2Br)nc(C)n1. The van der Waals surface area contributed by atoms with Gasteiger partial charge >= 0.3 is 0 Å². The Morgan fingerprint density at radius 1 is 1.11 bits per heavy atom. The Bertz CT molecular complexity index is 584. The summed E-state index contributed by atoms with van der Waals surface area (Å²) in [7, 11) is 0. The zero-order chi connectivity index (χ0) is 13.8. The van der Waals surface area contributed by atoms with Gasteiger partial charge < -0.3 is 10.6 Å². The van der Waals surface area contributed by atoms with E-state index >= 15 is 0 Å². The number of rotatable bonds is 4. The predicted molar refractivity (Wildman–Crippen MR) is 83.1 cm³/mol. The van der Waals surface area contributed by atoms with Gasteiger partial charge in [-0.3, -0.25) is 0 Å². The summed E-state index contributed by atoms with van der Waals surface area (Å²) in [6.07, 6.45) is 0. The molecule has 1 aromatic carbocycles. The van der Waals surface area contributed by atoms with E-state index in [4.69, 9.17) is 0 Å². The summed E-state index contributed by atoms with van der Waals surface area (Å²) in [4.78, 5) is 8.73. The Hall–Kier alpha value is -1.62. The zero-order valence-electron chi connectivity index (χ0n) is 11.3. The lowest BCUT2D eigenvalue weighted by Crippen LogP contribution is -2.04. The highest BCUT2D eigenvalue weighted by molar-refractivity contribution is 9.10. The number of benzene rings is 1. The molecular weight excluding hydrogens is 304 g/mol. The van der Waals surface area contributed by atoms with Crippen molar-refractivity contribution in [1.82, 2.24) is 9.97 Å². The second-order valence-corrected chi connectivity index (χ2v) is 5.18. The molecular formula is C14H17BrN4. The normalized spacial score (nSPS) is 10.3. The molecule has 2 aromatic rings. The Balaban J connectivity index is 2.29. The van der Waals surface area contributed by atoms with Gasteiger partial charge in [-0.05, 0) is 54.4 Å². The van der Waals surface area contributed by atoms with E-state index in [1.807, 2.05) is 26.0 Å². The van der Waals surface area contributed by atoms with Gasteiger partial charge in [0.1, 0.15) is 17.5 Å². The molecule has 0 spiro atoms. The molecule has 2 rings (SSSR count). The van der Waals surface area contributed by atoms with E-state index in [0.717, 1.165) is 34.2 Å². The van der Waals surface area contributed by atoms with E-state index in [0.29, 0.717) is 0 Å². The van der Waals surface area contributed by atoms with Gasteiger partial charge in [0.25, 0.3) is 0 Å². The Morgan fingerprint density at radius 2 is 1.84 bits per heavy atom. The topological polar surface area (TPSA) is 49.8 Å². The third-order valence-electron chi connectivity index (χ3n) is 2.58. The number of hydrogen-bond acceptors (Lipinski definition) is 4. The molecule has 0 saturated heterocycles. The Morgan fingerprint density at radius 3 is 2.58 bits per heavy atom. The van der Waals surface area contributed by atoms with Crippen LogP contribution in [0.4, 0.5) is 17.3 Å². The second-order valence-electron chi connectivity index (χ2n) is 4.32. The quantitative estimate of drug-likeness (QED) is 0.892. The monoisotopic (exact) mass is 320 g/mol. The van der Waals surface area contributed by atoms with E-state index in [9.17, 15) is 0 Å². The highest BCUT2D eigenvalue weighted by Crippen LogP contribution is 2.26. The second kappa shape index (κ2) is 6.02. The molecule has 0 amide bonds. The van der Waals surface area contributed by atoms with Gasteiger partial charge in [-0.25, -0.2) is 9.97 Å². The minimum atomic E-state index is 0.740. The Kier molecular flexibility index (Phi) is 4.37. The largest absolute Gasteiger partial charge is 0.370 e. The fourth-order valence-electron chi connectivity index (χ4n) is 1.78. The molecule has 0 atom stereocenters. The third kappa shape index (κ3) is 3.67. The lowest BCUT2D eigenvalue weighted by molar-refractivity contribution is 1.04. The van der Waals surface area contributed by atoms with Crippen LogP contribution in [-0.2, 0) is 0 Å². The summed E-state index contributed by atoms with van der Waals surface area (Å²) in [6, 6.07) is 8.07. The van der Waals surface area contributed by atoms with Gasteiger partial charge in [0.05, 0.1) is 5.69 Å². The van der Waals surface area contributed by atoms with E-state index in [2.05, 4.69) is 55.6 Å². The molecule has 0 aliphatic carbocycles. The summed E-state index contributed by atoms with van der Waals surface area (Å²) in [5.41, 5.74) is 2.20. The lowest BCUT2D eigenvalue weighted by atomic mass is 10.2. The summed E-state index contributed by atoms with van der Waals surface area (Å²) in [6.45, 7) is 6.83. The molecule has 4 nitrogen and oxygen atoms in total. The summed E-state index contributed by atoms with van der Waals surface area (Å²) in [5.74, 6) is 2.36. The third-order valence-corrected chi connectivity index (χ3v) is 3.27. The molecule has 0 fully saturated rings. The number of nitrogens with zero attached hydrogens (tertiary/aromatic N) is 2. The van der Waals surface area contributed by atoms with Gasteiger partial charge in [-0.1, -0.05) is 6.07 Å². The molecule has 0 unspecified atom stereocenters. The van der Waals surface area contributed by atoms with Crippen molar-refractivity contribution in [1.29, 1.82) is 0 Å². The molecule has 0 radical (unpaired) electrons. The summed E-state index contributed by atoms with van der Waals surface area (Å²) >= 11 is 3.53. The van der Waals surface area contributed by atoms with Crippen molar-refractivity contribution in [2.75, 3.05) is 17.2 Å². The average molecular weight is 321 g/mol. The smallest absolute Gasteiger partial charge is 0.136 e. The van der Waals surface area contributed by atoms with Gasteiger partial charge in [0.15, 0.2) is 0 Å². The van der Waals surface area contributed by atoms with Gasteiger partial charge in [0.2, 0.25) is 0 Å². The van der Waals surface area contributed by atoms with Crippen molar-refractivity contribution in [3.8, 4) is 0 Å². The van der Waals surface area contributed by atoms with E-state index in [1.54, 1.807) is 0 Å². The minimum absolute atomic E-state index is 0.740. The molecule has 19 heavy (non-hydrogen) atoms. The first kappa shape index (κ1) is 13.8. The first-order valence-electron chi connectivity index (χ1n) is 6.21. The van der Waals surface area contributed by atoms with Crippen molar-refractivity contribution in [3.63, 3.8) is 0 Å². The van der Waals surface area contributed by atoms with Crippen LogP contribution in [-0.4, -0.2) is 16.5 Å². The van der Waals surface area contributed by atoms with Gasteiger partial charge in [0, 0.05) is 17.1 Å². The number of nitrogens with one attached hydrogen (secondary N) is 2. The van der Waals surface area contributed by atoms with Crippen molar-refractivity contribution in [2.24, 2.45) is 0 Å². The van der Waals surface area contributed by atoms with E-state index in [-0.39, 0.29) is 0 Å². The summed E-state index contributed by atoms with van der Waals surface area (Å²) < 4.78 is 1.01. The average Bonchev–Trinajstić information content (AvgIpc) is 2.33. The first-order valence-corrected chi connectivity index (χ1v) is 7.00. The van der Waals surface area contributed by atoms with Crippen LogP contribution in [0.1, 0.15) is 18.3 Å². The molecule has 0 aliphatic heterocycles. The molecule has 0 saturated carbocycles. The zero-order valence-corrected chi connectivity index (χ0v) is 12.9. The van der Waals surface area contributed by atoms with Crippen LogP contribution in [0.5, 0.6) is 0 Å². The molecule has 1 heterocycles. The highest BCUT2D eigenvalue weighted by Gasteiger charge is 2.04. The van der Waals surface area contributed by atoms with Crippen LogP contribution in [0.25, 0.3) is 0 Å². The fraction of sp³-hybridized carbons (Fsp3) is 0.286. The van der Waals surface area contributed by atoms with Crippen LogP contribution in [0, 0.1) is 13.8 Å². The Labute approximate surface area is 121 Å². The van der Waals surface area contributed by atoms with Crippen LogP contribution in [0.3, 0.4) is 0 Å². The van der Waals surface area contributed by atoms with Crippen molar-refractivity contribution in [2.45, 2.75) is 20.8 Å². The van der Waals surface area contributed by atoms with Crippen molar-refractivity contribution in [3.05, 3.63) is 40.1 Å². The molecule has 2 N–H and O–H groups in total. The van der Waals surface area contributed by atoms with Crippen LogP contribution in [0.2, 0.25) is 0 Å². The minimum Gasteiger partial charge on any atom is -0.370 e. The number of aromatic nitrogens is 2. The maximum Gasteiger partial charge on any atom is 0.136 e. The van der Waals surface area contributed by atoms with Crippen LogP contribution < -0.4 is 10.6 Å². The summed E-state index contributed by atoms with van der Waals surface area (Å²) in [5, 5.41) is 6.51. The van der Waals surface area contributed by atoms with Crippen LogP contribution in [0.15, 0.2) is 28.7 Å². The molecule has 100 valence electrons. The number of halogens is 1. The van der Waals surface area contributed by atoms with Gasteiger partial charge in [-0.2, -0.15) is 0 Å². The molecule has 1 aromatic heterocycles. The highest BCUT2D eigenvalue weighted by atomic mass is 79.9. The van der Waals surface area contributed by atoms with E-state index < -0.39 is 0 Å². The van der Waals surface area contributed by atoms with Crippen molar-refractivity contribution >= 4 is 33.3 Å². The van der Waals surface area contributed by atoms with Crippen LogP contribution >= 0.6 is 15.9 Å². The molecule has 5 heteroatoms. The lowest BCUT2D eigenvalue weighted by Gasteiger charge is -2.11. The molecule has 0 aliphatic rings. The van der Waals surface area contributed by atoms with E-state index in [1.165, 1.54) is 5.56 Å². The maximum atomic E-state index is 4.40. The van der Waals surface area contributed by atoms with Gasteiger partial charge in [-0.15, -0.1) is 0 Å². The first-order chi connectivity index (χ1) is 9.08. The molecule has 0 bridgehead atoms. The maximum absolute atomic E-state index is 4.40. The number of anilines is 3. The standard InChI is InChI=1S/C14H17BrN4/c1-4-16-13-8-14(18-10(3)17-13)19-12-7-9(2)5-6-11(12)15/h5-8H,4H2,1-3H3,(H2,16,17,18,19).